The van der Waals surface area contributed by atoms with E-state index in [1.54, 1.807) is 10.8 Å². The molecule has 82 valence electrons. The number of rotatable bonds is 2. The fourth-order valence-corrected chi connectivity index (χ4v) is 18.7. The average molecular weight is 276 g/mol. The number of hydrogen-bond acceptors (Lipinski definition) is 4. The highest BCUT2D eigenvalue weighted by atomic mass is 33.0. The second-order valence-corrected chi connectivity index (χ2v) is 19.4. The van der Waals surface area contributed by atoms with Crippen molar-refractivity contribution >= 4 is 35.6 Å². The Balaban J connectivity index is 2.22. The molecule has 6 heteroatoms. The lowest BCUT2D eigenvalue weighted by Crippen LogP contribution is -2.14. The summed E-state index contributed by atoms with van der Waals surface area (Å²) in [4.78, 5) is 0. The molecule has 1 aliphatic rings. The maximum absolute atomic E-state index is 5.77. The lowest BCUT2D eigenvalue weighted by Gasteiger charge is -2.21. The summed E-state index contributed by atoms with van der Waals surface area (Å²) in [6.45, 7) is 6.75. The molecule has 2 rings (SSSR count). The molecule has 0 aliphatic carbocycles. The van der Waals surface area contributed by atoms with Crippen LogP contribution in [-0.4, -0.2) is 7.22 Å². The van der Waals surface area contributed by atoms with Crippen LogP contribution >= 0.6 is 16.5 Å². The van der Waals surface area contributed by atoms with Gasteiger partial charge in [0.25, 0.3) is 0 Å². The molecule has 0 amide bonds. The number of benzene rings is 1. The Bertz CT molecular complexity index is 401. The zero-order valence-electron chi connectivity index (χ0n) is 8.89. The first-order chi connectivity index (χ1) is 6.88. The van der Waals surface area contributed by atoms with Crippen molar-refractivity contribution in [3.8, 4) is 11.5 Å². The first-order valence-corrected chi connectivity index (χ1v) is 13.0. The normalized spacial score (nSPS) is 17.8. The van der Waals surface area contributed by atoms with E-state index in [-0.39, 0.29) is 0 Å². The van der Waals surface area contributed by atoms with Crippen molar-refractivity contribution in [3.05, 3.63) is 24.3 Å². The van der Waals surface area contributed by atoms with Crippen molar-refractivity contribution in [2.24, 2.45) is 0 Å². The van der Waals surface area contributed by atoms with Crippen LogP contribution in [0.2, 0.25) is 19.6 Å². The molecule has 0 N–H and O–H groups in total. The highest BCUT2D eigenvalue weighted by Crippen LogP contribution is 2.68. The summed E-state index contributed by atoms with van der Waals surface area (Å²) in [7, 11) is 0.422. The number of hydrogen-bond donors (Lipinski definition) is 0. The van der Waals surface area contributed by atoms with Crippen LogP contribution in [0.3, 0.4) is 0 Å². The summed E-state index contributed by atoms with van der Waals surface area (Å²) in [6, 6.07) is 7.70. The lowest BCUT2D eigenvalue weighted by molar-refractivity contribution is 0.593. The van der Waals surface area contributed by atoms with Crippen LogP contribution in [0, 0.1) is 0 Å². The molecule has 1 aromatic rings. The minimum atomic E-state index is -2.16. The van der Waals surface area contributed by atoms with Crippen molar-refractivity contribution in [1.29, 1.82) is 0 Å². The fourth-order valence-electron chi connectivity index (χ4n) is 1.23. The van der Waals surface area contributed by atoms with Gasteiger partial charge in [-0.05, 0) is 23.9 Å². The second kappa shape index (κ2) is 3.81. The third kappa shape index (κ3) is 2.78. The van der Waals surface area contributed by atoms with Gasteiger partial charge in [-0.1, -0.05) is 42.6 Å². The molecule has 0 bridgehead atoms. The van der Waals surface area contributed by atoms with E-state index in [4.69, 9.17) is 20.9 Å². The molecule has 0 fully saturated rings. The molecular weight excluding hydrogens is 263 g/mol. The monoisotopic (exact) mass is 276 g/mol. The molecule has 2 nitrogen and oxygen atoms in total. The van der Waals surface area contributed by atoms with Crippen LogP contribution in [0.5, 0.6) is 11.5 Å². The van der Waals surface area contributed by atoms with Crippen molar-refractivity contribution in [2.45, 2.75) is 19.6 Å². The Kier molecular flexibility index (Phi) is 2.92. The van der Waals surface area contributed by atoms with E-state index >= 15 is 0 Å². The lowest BCUT2D eigenvalue weighted by atomic mass is 10.3. The van der Waals surface area contributed by atoms with Crippen LogP contribution in [0.15, 0.2) is 24.3 Å². The zero-order chi connectivity index (χ0) is 11.1. The van der Waals surface area contributed by atoms with Crippen LogP contribution in [-0.2, 0) is 11.8 Å². The van der Waals surface area contributed by atoms with E-state index in [1.165, 1.54) is 0 Å². The van der Waals surface area contributed by atoms with Gasteiger partial charge in [0.05, 0.1) is 0 Å². The molecular formula is C9H13O2PS2Si. The Morgan fingerprint density at radius 3 is 2.00 bits per heavy atom. The largest absolute Gasteiger partial charge is 0.424 e. The average Bonchev–Trinajstić information content (AvgIpc) is 2.35. The van der Waals surface area contributed by atoms with Crippen LogP contribution in [0.25, 0.3) is 0 Å². The molecule has 1 heterocycles. The molecule has 0 aromatic heterocycles. The third-order valence-electron chi connectivity index (χ3n) is 1.66. The first-order valence-electron chi connectivity index (χ1n) is 4.67. The quantitative estimate of drug-likeness (QED) is 0.593. The van der Waals surface area contributed by atoms with Gasteiger partial charge < -0.3 is 9.05 Å². The number of fused-ring (bicyclic) bond motifs is 1. The van der Waals surface area contributed by atoms with Gasteiger partial charge in [0, 0.05) is 0 Å². The van der Waals surface area contributed by atoms with Gasteiger partial charge in [0.1, 0.15) is 7.22 Å². The third-order valence-corrected chi connectivity index (χ3v) is 15.4. The highest BCUT2D eigenvalue weighted by molar-refractivity contribution is 8.79. The van der Waals surface area contributed by atoms with Crippen LogP contribution < -0.4 is 9.05 Å². The van der Waals surface area contributed by atoms with E-state index in [0.717, 1.165) is 11.5 Å². The summed E-state index contributed by atoms with van der Waals surface area (Å²) in [5.74, 6) is 1.60. The molecule has 1 aromatic carbocycles. The van der Waals surface area contributed by atoms with E-state index in [2.05, 4.69) is 19.6 Å². The van der Waals surface area contributed by atoms with Gasteiger partial charge in [0.15, 0.2) is 11.5 Å². The standard InChI is InChI=1S/C9H13O2PS2Si/c1-15(2,3)14-12(13)10-8-6-4-5-7-9(8)11-12/h4-7H,1-3H3. The van der Waals surface area contributed by atoms with Gasteiger partial charge >= 0.3 is 5.69 Å². The van der Waals surface area contributed by atoms with Crippen molar-refractivity contribution < 1.29 is 9.05 Å². The minimum Gasteiger partial charge on any atom is -0.424 e. The molecule has 1 aliphatic heterocycles. The van der Waals surface area contributed by atoms with Gasteiger partial charge in [0.2, 0.25) is 0 Å². The Morgan fingerprint density at radius 2 is 1.60 bits per heavy atom. The smallest absolute Gasteiger partial charge is 0.342 e. The predicted molar refractivity (Wildman–Crippen MR) is 72.9 cm³/mol. The molecule has 15 heavy (non-hydrogen) atoms. The highest BCUT2D eigenvalue weighted by Gasteiger charge is 2.37. The summed E-state index contributed by atoms with van der Waals surface area (Å²) < 4.78 is 11.5. The minimum absolute atomic E-state index is 0.798. The maximum Gasteiger partial charge on any atom is 0.342 e. The van der Waals surface area contributed by atoms with E-state index in [9.17, 15) is 0 Å². The first kappa shape index (κ1) is 11.5. The van der Waals surface area contributed by atoms with E-state index < -0.39 is 12.9 Å². The predicted octanol–water partition coefficient (Wildman–Crippen LogP) is 4.25. The van der Waals surface area contributed by atoms with Crippen LogP contribution in [0.4, 0.5) is 0 Å². The second-order valence-electron chi connectivity index (χ2n) is 4.28. The molecule has 0 saturated heterocycles. The van der Waals surface area contributed by atoms with Crippen molar-refractivity contribution in [3.63, 3.8) is 0 Å². The van der Waals surface area contributed by atoms with Gasteiger partial charge in [-0.25, -0.2) is 0 Å². The van der Waals surface area contributed by atoms with Crippen LogP contribution in [0.1, 0.15) is 0 Å². The van der Waals surface area contributed by atoms with Crippen molar-refractivity contribution in [2.75, 3.05) is 0 Å². The number of para-hydroxylation sites is 2. The molecule has 0 radical (unpaired) electrons. The fraction of sp³-hybridized carbons (Fsp3) is 0.333. The summed E-state index contributed by atoms with van der Waals surface area (Å²) in [5, 5.41) is 0. The van der Waals surface area contributed by atoms with E-state index in [0.29, 0.717) is 0 Å². The molecule has 0 atom stereocenters. The topological polar surface area (TPSA) is 18.5 Å². The Labute approximate surface area is 99.9 Å². The Morgan fingerprint density at radius 1 is 1.13 bits per heavy atom. The van der Waals surface area contributed by atoms with E-state index in [1.807, 2.05) is 24.3 Å². The zero-order valence-corrected chi connectivity index (χ0v) is 12.4. The molecule has 0 unspecified atom stereocenters. The van der Waals surface area contributed by atoms with Gasteiger partial charge in [-0.3, -0.25) is 0 Å². The SMILES string of the molecule is C[Si](C)(C)SP1(=S)Oc2ccccc2O1. The maximum atomic E-state index is 5.77. The van der Waals surface area contributed by atoms with Gasteiger partial charge in [-0.15, -0.1) is 0 Å². The molecule has 0 spiro atoms. The summed E-state index contributed by atoms with van der Waals surface area (Å²) >= 11 is 5.48. The van der Waals surface area contributed by atoms with Gasteiger partial charge in [-0.2, -0.15) is 0 Å². The summed E-state index contributed by atoms with van der Waals surface area (Å²) in [6.07, 6.45) is 0. The Hall–Kier alpha value is 0.0369. The molecule has 0 saturated carbocycles. The van der Waals surface area contributed by atoms with Crippen molar-refractivity contribution in [1.82, 2.24) is 0 Å². The summed E-state index contributed by atoms with van der Waals surface area (Å²) in [5.41, 5.74) is -2.16.